The summed E-state index contributed by atoms with van der Waals surface area (Å²) in [5, 5.41) is 12.8. The van der Waals surface area contributed by atoms with Crippen LogP contribution in [-0.2, 0) is 0 Å². The molecular weight excluding hydrogens is 298 g/mol. The van der Waals surface area contributed by atoms with Gasteiger partial charge in [-0.3, -0.25) is 0 Å². The largest absolute Gasteiger partial charge is 0.382 e. The van der Waals surface area contributed by atoms with Crippen LogP contribution in [0.2, 0.25) is 5.15 Å². The van der Waals surface area contributed by atoms with Gasteiger partial charge in [-0.2, -0.15) is 5.26 Å². The van der Waals surface area contributed by atoms with E-state index in [1.165, 1.54) is 0 Å². The predicted molar refractivity (Wildman–Crippen MR) is 87.1 cm³/mol. The van der Waals surface area contributed by atoms with E-state index in [4.69, 9.17) is 16.9 Å². The highest BCUT2D eigenvalue weighted by atomic mass is 35.5. The Hall–Kier alpha value is -2.32. The van der Waals surface area contributed by atoms with Crippen molar-refractivity contribution < 1.29 is 0 Å². The van der Waals surface area contributed by atoms with Gasteiger partial charge in [0.2, 0.25) is 0 Å². The van der Waals surface area contributed by atoms with E-state index in [2.05, 4.69) is 26.3 Å². The van der Waals surface area contributed by atoms with Gasteiger partial charge in [0.25, 0.3) is 0 Å². The van der Waals surface area contributed by atoms with Crippen LogP contribution in [0.15, 0.2) is 36.7 Å². The fourth-order valence-electron chi connectivity index (χ4n) is 2.62. The second-order valence-electron chi connectivity index (χ2n) is 5.29. The average Bonchev–Trinajstić information content (AvgIpc) is 2.56. The Morgan fingerprint density at radius 3 is 2.68 bits per heavy atom. The van der Waals surface area contributed by atoms with Gasteiger partial charge in [0.1, 0.15) is 17.0 Å². The molecule has 0 aromatic carbocycles. The Morgan fingerprint density at radius 2 is 2.05 bits per heavy atom. The lowest BCUT2D eigenvalue weighted by atomic mass is 10.0. The van der Waals surface area contributed by atoms with Crippen molar-refractivity contribution in [1.82, 2.24) is 9.97 Å². The van der Waals surface area contributed by atoms with Gasteiger partial charge in [0.15, 0.2) is 0 Å². The first kappa shape index (κ1) is 14.6. The summed E-state index contributed by atoms with van der Waals surface area (Å²) in [6.07, 6.45) is 5.39. The zero-order valence-corrected chi connectivity index (χ0v) is 12.8. The number of piperidine rings is 1. The molecule has 1 fully saturated rings. The molecule has 0 atom stereocenters. The average molecular weight is 314 g/mol. The fraction of sp³-hybridized carbons (Fsp3) is 0.312. The standard InChI is InChI=1S/C16H16ClN5/c17-15-9-14(3-6-19-15)21-13-4-7-22(8-5-13)16-2-1-12(10-18)11-20-16/h1-3,6,9,11,13H,4-5,7-8H2,(H,19,21). The van der Waals surface area contributed by atoms with Crippen molar-refractivity contribution in [3.8, 4) is 6.07 Å². The van der Waals surface area contributed by atoms with Gasteiger partial charge in [0.05, 0.1) is 5.56 Å². The summed E-state index contributed by atoms with van der Waals surface area (Å²) in [4.78, 5) is 10.6. The molecule has 6 heteroatoms. The molecule has 1 N–H and O–H groups in total. The number of hydrogen-bond donors (Lipinski definition) is 1. The van der Waals surface area contributed by atoms with E-state index in [1.54, 1.807) is 12.4 Å². The lowest BCUT2D eigenvalue weighted by Gasteiger charge is -2.33. The molecule has 0 unspecified atom stereocenters. The first-order valence-corrected chi connectivity index (χ1v) is 7.61. The van der Waals surface area contributed by atoms with Crippen molar-refractivity contribution in [3.05, 3.63) is 47.4 Å². The molecule has 0 amide bonds. The minimum absolute atomic E-state index is 0.424. The van der Waals surface area contributed by atoms with Crippen LogP contribution in [0.4, 0.5) is 11.5 Å². The lowest BCUT2D eigenvalue weighted by molar-refractivity contribution is 0.523. The molecule has 22 heavy (non-hydrogen) atoms. The van der Waals surface area contributed by atoms with E-state index in [0.29, 0.717) is 16.8 Å². The van der Waals surface area contributed by atoms with Crippen molar-refractivity contribution in [2.75, 3.05) is 23.3 Å². The van der Waals surface area contributed by atoms with Crippen LogP contribution < -0.4 is 10.2 Å². The molecule has 5 nitrogen and oxygen atoms in total. The fourth-order valence-corrected chi connectivity index (χ4v) is 2.79. The minimum atomic E-state index is 0.424. The second kappa shape index (κ2) is 6.63. The number of halogens is 1. The summed E-state index contributed by atoms with van der Waals surface area (Å²) in [6, 6.07) is 10.0. The molecule has 0 spiro atoms. The molecule has 0 bridgehead atoms. The Kier molecular flexibility index (Phi) is 4.40. The Bertz CT molecular complexity index is 672. The molecule has 0 aliphatic carbocycles. The van der Waals surface area contributed by atoms with Crippen LogP contribution in [-0.4, -0.2) is 29.1 Å². The molecule has 112 valence electrons. The van der Waals surface area contributed by atoms with Gasteiger partial charge >= 0.3 is 0 Å². The normalized spacial score (nSPS) is 15.4. The molecule has 0 radical (unpaired) electrons. The highest BCUT2D eigenvalue weighted by Crippen LogP contribution is 2.21. The summed E-state index contributed by atoms with van der Waals surface area (Å²) in [7, 11) is 0. The topological polar surface area (TPSA) is 64.8 Å². The molecule has 1 aliphatic rings. The number of anilines is 2. The van der Waals surface area contributed by atoms with Gasteiger partial charge in [-0.25, -0.2) is 9.97 Å². The molecule has 3 rings (SSSR count). The summed E-state index contributed by atoms with van der Waals surface area (Å²) in [5.41, 5.74) is 1.60. The smallest absolute Gasteiger partial charge is 0.131 e. The highest BCUT2D eigenvalue weighted by molar-refractivity contribution is 6.29. The number of nitrogens with zero attached hydrogens (tertiary/aromatic N) is 4. The zero-order chi connectivity index (χ0) is 15.4. The van der Waals surface area contributed by atoms with Crippen LogP contribution in [0.1, 0.15) is 18.4 Å². The molecule has 1 saturated heterocycles. The predicted octanol–water partition coefficient (Wildman–Crippen LogP) is 3.08. The Labute approximate surface area is 134 Å². The third-order valence-electron chi connectivity index (χ3n) is 3.79. The SMILES string of the molecule is N#Cc1ccc(N2CCC(Nc3ccnc(Cl)c3)CC2)nc1. The second-order valence-corrected chi connectivity index (χ2v) is 5.68. The molecule has 2 aromatic heterocycles. The van der Waals surface area contributed by atoms with Crippen LogP contribution in [0, 0.1) is 11.3 Å². The third kappa shape index (κ3) is 3.46. The van der Waals surface area contributed by atoms with Gasteiger partial charge in [0, 0.05) is 37.2 Å². The zero-order valence-electron chi connectivity index (χ0n) is 12.0. The summed E-state index contributed by atoms with van der Waals surface area (Å²) >= 11 is 5.90. The van der Waals surface area contributed by atoms with Crippen molar-refractivity contribution in [3.63, 3.8) is 0 Å². The maximum Gasteiger partial charge on any atom is 0.131 e. The van der Waals surface area contributed by atoms with E-state index in [1.807, 2.05) is 24.3 Å². The lowest BCUT2D eigenvalue weighted by Crippen LogP contribution is -2.39. The molecule has 3 heterocycles. The van der Waals surface area contributed by atoms with E-state index in [-0.39, 0.29) is 0 Å². The summed E-state index contributed by atoms with van der Waals surface area (Å²) < 4.78 is 0. The van der Waals surface area contributed by atoms with Gasteiger partial charge in [-0.1, -0.05) is 11.6 Å². The van der Waals surface area contributed by atoms with Gasteiger partial charge < -0.3 is 10.2 Å². The minimum Gasteiger partial charge on any atom is -0.382 e. The Morgan fingerprint density at radius 1 is 1.23 bits per heavy atom. The molecule has 0 saturated carbocycles. The van der Waals surface area contributed by atoms with Crippen molar-refractivity contribution in [1.29, 1.82) is 5.26 Å². The van der Waals surface area contributed by atoms with Crippen LogP contribution in [0.3, 0.4) is 0 Å². The quantitative estimate of drug-likeness (QED) is 0.882. The van der Waals surface area contributed by atoms with E-state index >= 15 is 0 Å². The number of nitrogens with one attached hydrogen (secondary N) is 1. The monoisotopic (exact) mass is 313 g/mol. The number of hydrogen-bond acceptors (Lipinski definition) is 5. The maximum absolute atomic E-state index is 8.81. The number of nitriles is 1. The van der Waals surface area contributed by atoms with Crippen molar-refractivity contribution in [2.24, 2.45) is 0 Å². The van der Waals surface area contributed by atoms with Crippen molar-refractivity contribution >= 4 is 23.1 Å². The summed E-state index contributed by atoms with van der Waals surface area (Å²) in [5.74, 6) is 0.935. The van der Waals surface area contributed by atoms with E-state index in [9.17, 15) is 0 Å². The Balaban J connectivity index is 1.57. The van der Waals surface area contributed by atoms with Crippen LogP contribution in [0.5, 0.6) is 0 Å². The summed E-state index contributed by atoms with van der Waals surface area (Å²) in [6.45, 7) is 1.88. The molecule has 2 aromatic rings. The van der Waals surface area contributed by atoms with E-state index < -0.39 is 0 Å². The first-order chi connectivity index (χ1) is 10.7. The molecular formula is C16H16ClN5. The molecule has 1 aliphatic heterocycles. The highest BCUT2D eigenvalue weighted by Gasteiger charge is 2.20. The van der Waals surface area contributed by atoms with E-state index in [0.717, 1.165) is 37.4 Å². The number of aromatic nitrogens is 2. The maximum atomic E-state index is 8.81. The number of pyridine rings is 2. The van der Waals surface area contributed by atoms with Crippen molar-refractivity contribution in [2.45, 2.75) is 18.9 Å². The third-order valence-corrected chi connectivity index (χ3v) is 4.00. The van der Waals surface area contributed by atoms with Gasteiger partial charge in [-0.05, 0) is 37.1 Å². The first-order valence-electron chi connectivity index (χ1n) is 7.24. The van der Waals surface area contributed by atoms with Gasteiger partial charge in [-0.15, -0.1) is 0 Å². The van der Waals surface area contributed by atoms with Crippen LogP contribution >= 0.6 is 11.6 Å². The number of rotatable bonds is 3. The van der Waals surface area contributed by atoms with Crippen LogP contribution in [0.25, 0.3) is 0 Å².